The van der Waals surface area contributed by atoms with Crippen molar-refractivity contribution in [2.24, 2.45) is 5.73 Å². The summed E-state index contributed by atoms with van der Waals surface area (Å²) >= 11 is 5.11. The van der Waals surface area contributed by atoms with Gasteiger partial charge in [0.1, 0.15) is 10.7 Å². The average Bonchev–Trinajstić information content (AvgIpc) is 2.38. The maximum atomic E-state index is 5.80. The average molecular weight is 287 g/mol. The quantitative estimate of drug-likeness (QED) is 0.846. The number of aromatic nitrogens is 1. The molecule has 0 bridgehead atoms. The van der Waals surface area contributed by atoms with E-state index >= 15 is 0 Å². The summed E-state index contributed by atoms with van der Waals surface area (Å²) in [6.07, 6.45) is 0. The number of nitrogens with two attached hydrogens (primary N) is 1. The number of benzene rings is 1. The SMILES string of the molecule is COc1ccc(Nc2cc(C)nc(C)c2C(N)=S)cc1. The van der Waals surface area contributed by atoms with Gasteiger partial charge in [0.25, 0.3) is 0 Å². The van der Waals surface area contributed by atoms with E-state index in [0.29, 0.717) is 4.99 Å². The third-order valence-corrected chi connectivity index (χ3v) is 3.15. The number of anilines is 2. The molecule has 0 spiro atoms. The number of rotatable bonds is 4. The number of thiocarbonyl (C=S) groups is 1. The molecule has 0 fully saturated rings. The molecule has 0 aliphatic heterocycles. The molecule has 4 nitrogen and oxygen atoms in total. The number of nitrogens with zero attached hydrogens (tertiary/aromatic N) is 1. The molecular weight excluding hydrogens is 270 g/mol. The van der Waals surface area contributed by atoms with Crippen molar-refractivity contribution in [3.05, 3.63) is 47.3 Å². The van der Waals surface area contributed by atoms with Gasteiger partial charge >= 0.3 is 0 Å². The fourth-order valence-electron chi connectivity index (χ4n) is 2.07. The fraction of sp³-hybridized carbons (Fsp3) is 0.200. The second-order valence-electron chi connectivity index (χ2n) is 4.49. The van der Waals surface area contributed by atoms with Crippen molar-refractivity contribution in [2.45, 2.75) is 13.8 Å². The lowest BCUT2D eigenvalue weighted by molar-refractivity contribution is 0.415. The summed E-state index contributed by atoms with van der Waals surface area (Å²) in [5.41, 5.74) is 10.1. The summed E-state index contributed by atoms with van der Waals surface area (Å²) in [6.45, 7) is 3.84. The smallest absolute Gasteiger partial charge is 0.119 e. The maximum Gasteiger partial charge on any atom is 0.119 e. The van der Waals surface area contributed by atoms with Crippen molar-refractivity contribution in [3.63, 3.8) is 0 Å². The highest BCUT2D eigenvalue weighted by Crippen LogP contribution is 2.25. The highest BCUT2D eigenvalue weighted by Gasteiger charge is 2.11. The maximum absolute atomic E-state index is 5.80. The van der Waals surface area contributed by atoms with Gasteiger partial charge in [-0.3, -0.25) is 4.98 Å². The summed E-state index contributed by atoms with van der Waals surface area (Å²) in [5, 5.41) is 3.32. The predicted molar refractivity (Wildman–Crippen MR) is 85.9 cm³/mol. The van der Waals surface area contributed by atoms with Crippen LogP contribution in [-0.2, 0) is 0 Å². The number of hydrogen-bond donors (Lipinski definition) is 2. The highest BCUT2D eigenvalue weighted by atomic mass is 32.1. The minimum Gasteiger partial charge on any atom is -0.497 e. The minimum absolute atomic E-state index is 0.339. The van der Waals surface area contributed by atoms with E-state index < -0.39 is 0 Å². The molecule has 0 unspecified atom stereocenters. The van der Waals surface area contributed by atoms with Gasteiger partial charge in [-0.25, -0.2) is 0 Å². The molecule has 1 aromatic carbocycles. The molecule has 1 heterocycles. The van der Waals surface area contributed by atoms with Crippen molar-refractivity contribution in [3.8, 4) is 5.75 Å². The topological polar surface area (TPSA) is 60.2 Å². The van der Waals surface area contributed by atoms with E-state index in [1.807, 2.05) is 44.2 Å². The van der Waals surface area contributed by atoms with Crippen LogP contribution < -0.4 is 15.8 Å². The van der Waals surface area contributed by atoms with Crippen LogP contribution in [-0.4, -0.2) is 17.1 Å². The van der Waals surface area contributed by atoms with Crippen LogP contribution in [0.3, 0.4) is 0 Å². The summed E-state index contributed by atoms with van der Waals surface area (Å²) < 4.78 is 5.14. The van der Waals surface area contributed by atoms with E-state index in [1.165, 1.54) is 0 Å². The fourth-order valence-corrected chi connectivity index (χ4v) is 2.33. The van der Waals surface area contributed by atoms with Gasteiger partial charge in [0.2, 0.25) is 0 Å². The van der Waals surface area contributed by atoms with Crippen molar-refractivity contribution in [1.29, 1.82) is 0 Å². The zero-order valence-corrected chi connectivity index (χ0v) is 12.5. The number of nitrogens with one attached hydrogen (secondary N) is 1. The minimum atomic E-state index is 0.339. The van der Waals surface area contributed by atoms with Gasteiger partial charge in [-0.1, -0.05) is 12.2 Å². The zero-order chi connectivity index (χ0) is 14.7. The molecule has 20 heavy (non-hydrogen) atoms. The Labute approximate surface area is 124 Å². The Morgan fingerprint density at radius 3 is 2.45 bits per heavy atom. The lowest BCUT2D eigenvalue weighted by Crippen LogP contribution is -2.15. The monoisotopic (exact) mass is 287 g/mol. The lowest BCUT2D eigenvalue weighted by atomic mass is 10.1. The lowest BCUT2D eigenvalue weighted by Gasteiger charge is -2.14. The Bertz CT molecular complexity index is 638. The van der Waals surface area contributed by atoms with Crippen LogP contribution in [0, 0.1) is 13.8 Å². The first-order chi connectivity index (χ1) is 9.51. The second-order valence-corrected chi connectivity index (χ2v) is 4.93. The number of hydrogen-bond acceptors (Lipinski definition) is 4. The number of methoxy groups -OCH3 is 1. The molecule has 2 aromatic rings. The van der Waals surface area contributed by atoms with Crippen LogP contribution in [0.15, 0.2) is 30.3 Å². The molecule has 0 atom stereocenters. The molecule has 3 N–H and O–H groups in total. The molecule has 104 valence electrons. The van der Waals surface area contributed by atoms with Crippen LogP contribution in [0.1, 0.15) is 17.0 Å². The Kier molecular flexibility index (Phi) is 4.20. The number of aryl methyl sites for hydroxylation is 2. The third-order valence-electron chi connectivity index (χ3n) is 2.94. The normalized spacial score (nSPS) is 10.2. The number of pyridine rings is 1. The van der Waals surface area contributed by atoms with E-state index in [0.717, 1.165) is 34.1 Å². The molecule has 0 radical (unpaired) electrons. The molecule has 2 rings (SSSR count). The number of ether oxygens (including phenoxy) is 1. The molecule has 0 amide bonds. The van der Waals surface area contributed by atoms with Gasteiger partial charge in [-0.2, -0.15) is 0 Å². The van der Waals surface area contributed by atoms with Gasteiger partial charge in [0, 0.05) is 17.1 Å². The van der Waals surface area contributed by atoms with Crippen LogP contribution in [0.5, 0.6) is 5.75 Å². The standard InChI is InChI=1S/C15H17N3OS/c1-9-8-13(14(15(16)20)10(2)17-9)18-11-4-6-12(19-3)7-5-11/h4-8H,1-3H3,(H2,16,20)(H,17,18). The molecule has 0 aliphatic carbocycles. The molecule has 1 aromatic heterocycles. The summed E-state index contributed by atoms with van der Waals surface area (Å²) in [6, 6.07) is 9.60. The van der Waals surface area contributed by atoms with Crippen molar-refractivity contribution in [2.75, 3.05) is 12.4 Å². The van der Waals surface area contributed by atoms with Crippen molar-refractivity contribution >= 4 is 28.6 Å². The van der Waals surface area contributed by atoms with Gasteiger partial charge in [-0.05, 0) is 44.2 Å². The van der Waals surface area contributed by atoms with Gasteiger partial charge < -0.3 is 15.8 Å². The summed E-state index contributed by atoms with van der Waals surface area (Å²) in [4.78, 5) is 4.74. The van der Waals surface area contributed by atoms with Gasteiger partial charge in [0.15, 0.2) is 0 Å². The largest absolute Gasteiger partial charge is 0.497 e. The van der Waals surface area contributed by atoms with Crippen LogP contribution in [0.25, 0.3) is 0 Å². The molecule has 5 heteroatoms. The van der Waals surface area contributed by atoms with Crippen LogP contribution >= 0.6 is 12.2 Å². The van der Waals surface area contributed by atoms with E-state index in [9.17, 15) is 0 Å². The van der Waals surface area contributed by atoms with Crippen molar-refractivity contribution in [1.82, 2.24) is 4.98 Å². The summed E-state index contributed by atoms with van der Waals surface area (Å²) in [5.74, 6) is 0.812. The van der Waals surface area contributed by atoms with E-state index in [-0.39, 0.29) is 0 Å². The van der Waals surface area contributed by atoms with Crippen LogP contribution in [0.4, 0.5) is 11.4 Å². The first-order valence-corrected chi connectivity index (χ1v) is 6.61. The Hall–Kier alpha value is -2.14. The molecular formula is C15H17N3OS. The van der Waals surface area contributed by atoms with E-state index in [1.54, 1.807) is 7.11 Å². The van der Waals surface area contributed by atoms with Crippen molar-refractivity contribution < 1.29 is 4.74 Å². The molecule has 0 aliphatic rings. The van der Waals surface area contributed by atoms with Gasteiger partial charge in [-0.15, -0.1) is 0 Å². The first-order valence-electron chi connectivity index (χ1n) is 6.20. The predicted octanol–water partition coefficient (Wildman–Crippen LogP) is 3.08. The second kappa shape index (κ2) is 5.88. The third kappa shape index (κ3) is 3.05. The molecule has 0 saturated carbocycles. The Morgan fingerprint density at radius 2 is 1.90 bits per heavy atom. The van der Waals surface area contributed by atoms with Crippen LogP contribution in [0.2, 0.25) is 0 Å². The molecule has 0 saturated heterocycles. The first kappa shape index (κ1) is 14.3. The zero-order valence-electron chi connectivity index (χ0n) is 11.7. The summed E-state index contributed by atoms with van der Waals surface area (Å²) in [7, 11) is 1.64. The van der Waals surface area contributed by atoms with Gasteiger partial charge in [0.05, 0.1) is 18.4 Å². The van der Waals surface area contributed by atoms with E-state index in [2.05, 4.69) is 10.3 Å². The van der Waals surface area contributed by atoms with E-state index in [4.69, 9.17) is 22.7 Å². The Balaban J connectivity index is 2.39. The Morgan fingerprint density at radius 1 is 1.25 bits per heavy atom. The highest BCUT2D eigenvalue weighted by molar-refractivity contribution is 7.80.